The molecule has 1 saturated carbocycles. The molecule has 0 spiro atoms. The van der Waals surface area contributed by atoms with Crippen molar-refractivity contribution in [2.75, 3.05) is 0 Å². The maximum absolute atomic E-state index is 9.52. The van der Waals surface area contributed by atoms with Crippen molar-refractivity contribution in [2.45, 2.75) is 31.5 Å². The summed E-state index contributed by atoms with van der Waals surface area (Å²) >= 11 is 0. The van der Waals surface area contributed by atoms with Crippen molar-refractivity contribution >= 4 is 0 Å². The van der Waals surface area contributed by atoms with E-state index in [1.807, 2.05) is 42.5 Å². The maximum Gasteiger partial charge on any atom is 0.111 e. The molecule has 0 unspecified atom stereocenters. The lowest BCUT2D eigenvalue weighted by Crippen LogP contribution is -2.12. The number of hydrogen-bond donors (Lipinski definition) is 0. The molecule has 2 atom stereocenters. The summed E-state index contributed by atoms with van der Waals surface area (Å²) in [4.78, 5) is 0. The zero-order valence-electron chi connectivity index (χ0n) is 11.5. The molecule has 100 valence electrons. The fourth-order valence-electron chi connectivity index (χ4n) is 2.54. The minimum Gasteiger partial charge on any atom is -0.371 e. The summed E-state index contributed by atoms with van der Waals surface area (Å²) in [5.74, 6) is 0. The monoisotopic (exact) mass is 263 g/mol. The molecule has 1 fully saturated rings. The number of benzene rings is 2. The van der Waals surface area contributed by atoms with Crippen LogP contribution in [0.3, 0.4) is 0 Å². The highest BCUT2D eigenvalue weighted by Crippen LogP contribution is 2.50. The smallest absolute Gasteiger partial charge is 0.111 e. The van der Waals surface area contributed by atoms with Gasteiger partial charge in [-0.1, -0.05) is 60.2 Å². The lowest BCUT2D eigenvalue weighted by atomic mass is 9.96. The lowest BCUT2D eigenvalue weighted by Gasteiger charge is -2.10. The first-order valence-corrected chi connectivity index (χ1v) is 6.88. The Hall–Kier alpha value is -2.11. The first kappa shape index (κ1) is 12.9. The van der Waals surface area contributed by atoms with Gasteiger partial charge in [0.15, 0.2) is 0 Å². The molecular weight excluding hydrogens is 246 g/mol. The van der Waals surface area contributed by atoms with E-state index < -0.39 is 5.41 Å². The molecule has 0 bridgehead atoms. The molecule has 0 heterocycles. The second-order valence-corrected chi connectivity index (χ2v) is 5.44. The molecule has 2 aromatic rings. The molecule has 2 aromatic carbocycles. The third-order valence-corrected chi connectivity index (χ3v) is 3.96. The lowest BCUT2D eigenvalue weighted by molar-refractivity contribution is 0.0957. The number of aryl methyl sites for hydroxylation is 1. The second-order valence-electron chi connectivity index (χ2n) is 5.44. The highest BCUT2D eigenvalue weighted by atomic mass is 16.5. The molecule has 0 amide bonds. The quantitative estimate of drug-likeness (QED) is 0.841. The van der Waals surface area contributed by atoms with Crippen molar-refractivity contribution in [2.24, 2.45) is 0 Å². The van der Waals surface area contributed by atoms with E-state index in [0.717, 1.165) is 17.5 Å². The van der Waals surface area contributed by atoms with Gasteiger partial charge < -0.3 is 4.74 Å². The van der Waals surface area contributed by atoms with Gasteiger partial charge in [-0.3, -0.25) is 0 Å². The predicted octanol–water partition coefficient (Wildman–Crippen LogP) is 3.75. The zero-order valence-corrected chi connectivity index (χ0v) is 11.5. The van der Waals surface area contributed by atoms with E-state index in [0.29, 0.717) is 6.61 Å². The average molecular weight is 263 g/mol. The summed E-state index contributed by atoms with van der Waals surface area (Å²) < 4.78 is 5.91. The first-order valence-electron chi connectivity index (χ1n) is 6.88. The Kier molecular flexibility index (Phi) is 3.30. The van der Waals surface area contributed by atoms with E-state index in [2.05, 4.69) is 25.1 Å². The summed E-state index contributed by atoms with van der Waals surface area (Å²) in [7, 11) is 0. The molecule has 2 nitrogen and oxygen atoms in total. The van der Waals surface area contributed by atoms with Crippen LogP contribution in [-0.2, 0) is 16.8 Å². The molecule has 0 aliphatic heterocycles. The molecule has 1 aliphatic rings. The van der Waals surface area contributed by atoms with Crippen LogP contribution in [0.5, 0.6) is 0 Å². The number of nitrogens with zero attached hydrogens (tertiary/aromatic N) is 1. The Bertz CT molecular complexity index is 627. The van der Waals surface area contributed by atoms with E-state index in [1.165, 1.54) is 5.56 Å². The highest BCUT2D eigenvalue weighted by Gasteiger charge is 2.57. The largest absolute Gasteiger partial charge is 0.371 e. The van der Waals surface area contributed by atoms with Gasteiger partial charge in [-0.15, -0.1) is 0 Å². The Morgan fingerprint density at radius 2 is 1.85 bits per heavy atom. The third kappa shape index (κ3) is 2.33. The van der Waals surface area contributed by atoms with Gasteiger partial charge in [0, 0.05) is 6.42 Å². The fourth-order valence-corrected chi connectivity index (χ4v) is 2.54. The standard InChI is InChI=1S/C18H17NO/c1-14-7-9-16(10-8-14)18(13-19)11-17(18)20-12-15-5-3-2-4-6-15/h2-10,17H,11-12H2,1H3/t17-,18-/m0/s1. The number of ether oxygens (including phenoxy) is 1. The molecular formula is C18H17NO. The molecule has 0 aromatic heterocycles. The van der Waals surface area contributed by atoms with Gasteiger partial charge in [-0.05, 0) is 18.1 Å². The maximum atomic E-state index is 9.52. The molecule has 0 N–H and O–H groups in total. The van der Waals surface area contributed by atoms with Gasteiger partial charge in [0.2, 0.25) is 0 Å². The number of hydrogen-bond acceptors (Lipinski definition) is 2. The van der Waals surface area contributed by atoms with Crippen LogP contribution in [0.15, 0.2) is 54.6 Å². The van der Waals surface area contributed by atoms with Crippen LogP contribution < -0.4 is 0 Å². The normalized spacial score (nSPS) is 24.1. The Morgan fingerprint density at radius 1 is 1.15 bits per heavy atom. The van der Waals surface area contributed by atoms with Crippen LogP contribution in [0.4, 0.5) is 0 Å². The highest BCUT2D eigenvalue weighted by molar-refractivity contribution is 5.43. The second kappa shape index (κ2) is 5.11. The van der Waals surface area contributed by atoms with Crippen molar-refractivity contribution in [3.8, 4) is 6.07 Å². The SMILES string of the molecule is Cc1ccc([C@@]2(C#N)C[C@@H]2OCc2ccccc2)cc1. The van der Waals surface area contributed by atoms with Crippen LogP contribution in [0.2, 0.25) is 0 Å². The number of rotatable bonds is 4. The van der Waals surface area contributed by atoms with Crippen molar-refractivity contribution in [1.29, 1.82) is 5.26 Å². The minimum atomic E-state index is -0.442. The average Bonchev–Trinajstić information content (AvgIpc) is 3.22. The summed E-state index contributed by atoms with van der Waals surface area (Å²) in [6, 6.07) is 20.7. The van der Waals surface area contributed by atoms with Crippen molar-refractivity contribution in [1.82, 2.24) is 0 Å². The van der Waals surface area contributed by atoms with Crippen LogP contribution in [0.25, 0.3) is 0 Å². The Labute approximate surface area is 119 Å². The van der Waals surface area contributed by atoms with Crippen LogP contribution in [-0.4, -0.2) is 6.10 Å². The third-order valence-electron chi connectivity index (χ3n) is 3.96. The molecule has 20 heavy (non-hydrogen) atoms. The van der Waals surface area contributed by atoms with Crippen LogP contribution in [0, 0.1) is 18.3 Å². The molecule has 3 rings (SSSR count). The van der Waals surface area contributed by atoms with Crippen LogP contribution >= 0.6 is 0 Å². The van der Waals surface area contributed by atoms with Gasteiger partial charge in [0.05, 0.1) is 18.8 Å². The molecule has 0 radical (unpaired) electrons. The van der Waals surface area contributed by atoms with Crippen molar-refractivity contribution < 1.29 is 4.74 Å². The minimum absolute atomic E-state index is 0.00964. The Morgan fingerprint density at radius 3 is 2.50 bits per heavy atom. The van der Waals surface area contributed by atoms with E-state index in [1.54, 1.807) is 0 Å². The summed E-state index contributed by atoms with van der Waals surface area (Å²) in [6.45, 7) is 2.62. The van der Waals surface area contributed by atoms with Gasteiger partial charge in [-0.2, -0.15) is 5.26 Å². The zero-order chi connectivity index (χ0) is 14.0. The van der Waals surface area contributed by atoms with E-state index in [9.17, 15) is 5.26 Å². The first-order chi connectivity index (χ1) is 9.74. The molecule has 0 saturated heterocycles. The number of nitriles is 1. The van der Waals surface area contributed by atoms with Crippen LogP contribution in [0.1, 0.15) is 23.1 Å². The van der Waals surface area contributed by atoms with Gasteiger partial charge in [-0.25, -0.2) is 0 Å². The van der Waals surface area contributed by atoms with Crippen molar-refractivity contribution in [3.63, 3.8) is 0 Å². The predicted molar refractivity (Wildman–Crippen MR) is 78.1 cm³/mol. The topological polar surface area (TPSA) is 33.0 Å². The Balaban J connectivity index is 1.69. The van der Waals surface area contributed by atoms with Gasteiger partial charge in [0.25, 0.3) is 0 Å². The van der Waals surface area contributed by atoms with E-state index >= 15 is 0 Å². The van der Waals surface area contributed by atoms with Gasteiger partial charge in [0.1, 0.15) is 5.41 Å². The van der Waals surface area contributed by atoms with E-state index in [-0.39, 0.29) is 6.10 Å². The fraction of sp³-hybridized carbons (Fsp3) is 0.278. The van der Waals surface area contributed by atoms with Crippen molar-refractivity contribution in [3.05, 3.63) is 71.3 Å². The summed E-state index contributed by atoms with van der Waals surface area (Å²) in [5.41, 5.74) is 2.99. The molecule has 1 aliphatic carbocycles. The summed E-state index contributed by atoms with van der Waals surface area (Å²) in [6.07, 6.45) is 0.801. The van der Waals surface area contributed by atoms with Gasteiger partial charge >= 0.3 is 0 Å². The van der Waals surface area contributed by atoms with E-state index in [4.69, 9.17) is 4.74 Å². The summed E-state index contributed by atoms with van der Waals surface area (Å²) in [5, 5.41) is 9.52. The molecule has 2 heteroatoms.